The van der Waals surface area contributed by atoms with E-state index in [1.54, 1.807) is 0 Å². The molecular weight excluding hydrogens is 765 g/mol. The van der Waals surface area contributed by atoms with E-state index in [0.717, 1.165) is 0 Å². The van der Waals surface area contributed by atoms with Crippen molar-refractivity contribution in [3.63, 3.8) is 0 Å². The van der Waals surface area contributed by atoms with E-state index >= 15 is 0 Å². The maximum absolute atomic E-state index is 13.4. The molecule has 1 aliphatic rings. The summed E-state index contributed by atoms with van der Waals surface area (Å²) in [6.07, 6.45) is 1.16. The molecule has 0 aromatic heterocycles. The molecule has 20 nitrogen and oxygen atoms in total. The van der Waals surface area contributed by atoms with Crippen LogP contribution in [0.25, 0.3) is 0 Å². The number of aliphatic hydroxyl groups is 1. The number of hydrogen-bond acceptors (Lipinski definition) is 15. The van der Waals surface area contributed by atoms with Gasteiger partial charge in [0.15, 0.2) is 6.49 Å². The Hall–Kier alpha value is -2.40. The van der Waals surface area contributed by atoms with Gasteiger partial charge in [0.25, 0.3) is 0 Å². The van der Waals surface area contributed by atoms with Gasteiger partial charge in [0.2, 0.25) is 29.5 Å². The number of rotatable bonds is 30. The van der Waals surface area contributed by atoms with Gasteiger partial charge in [-0.3, -0.25) is 24.0 Å². The van der Waals surface area contributed by atoms with E-state index in [1.165, 1.54) is 0 Å². The topological polar surface area (TPSA) is 293 Å². The number of ether oxygens (including phenoxy) is 3. The van der Waals surface area contributed by atoms with Crippen LogP contribution in [0.1, 0.15) is 72.1 Å². The van der Waals surface area contributed by atoms with E-state index in [9.17, 15) is 28.9 Å². The van der Waals surface area contributed by atoms with Crippen LogP contribution in [0, 0.1) is 5.92 Å². The predicted molar refractivity (Wildman–Crippen MR) is 204 cm³/mol. The Labute approximate surface area is 328 Å². The summed E-state index contributed by atoms with van der Waals surface area (Å²) >= 11 is 5.38. The van der Waals surface area contributed by atoms with Crippen LogP contribution >= 0.6 is 6.49 Å². The fourth-order valence-corrected chi connectivity index (χ4v) is 6.41. The van der Waals surface area contributed by atoms with Gasteiger partial charge in [-0.2, -0.15) is 0 Å². The maximum atomic E-state index is 13.4. The fourth-order valence-electron chi connectivity index (χ4n) is 5.11. The summed E-state index contributed by atoms with van der Waals surface area (Å²) in [6.45, 7) is 4.09. The standard InChI is InChI=1S/C33H64N7O13PS/c1-33(2,3)54(47,55)53-25-6-4-24(5-7-25)30(44)40-27(32(46)38-14-18-50-21-23-52-35)9-11-29(43)39-26(31(45)37-13-17-49-20-22-51-34)8-10-28(42)36-12-16-48-19-15-41/h24-27,41H,4-23,34-35H2,1-3H3,(H,36,42)(H,37,45)(H,38,46)(H,39,43)(H,40,44)(H,47,55). The van der Waals surface area contributed by atoms with Gasteiger partial charge >= 0.3 is 0 Å². The van der Waals surface area contributed by atoms with Crippen LogP contribution in [0.3, 0.4) is 0 Å². The number of aliphatic hydroxyl groups excluding tert-OH is 1. The maximum Gasteiger partial charge on any atom is 0.242 e. The number of hydrogen-bond donors (Lipinski definition) is 9. The quantitative estimate of drug-likeness (QED) is 0.0223. The first-order chi connectivity index (χ1) is 26.1. The van der Waals surface area contributed by atoms with Crippen LogP contribution in [0.15, 0.2) is 0 Å². The SMILES string of the molecule is CC(C)(C)P(O)(=S)OC1CCC(C(=O)NC(CCC(=O)NC(CCC(=O)NCCOCCO)C(=O)NCCOCCON)C(=O)NCCOCCON)CC1. The van der Waals surface area contributed by atoms with Gasteiger partial charge in [-0.15, -0.1) is 0 Å². The number of amides is 5. The highest BCUT2D eigenvalue weighted by molar-refractivity contribution is 8.10. The zero-order valence-electron chi connectivity index (χ0n) is 32.3. The number of nitrogens with one attached hydrogen (secondary N) is 5. The first kappa shape index (κ1) is 50.6. The summed E-state index contributed by atoms with van der Waals surface area (Å²) in [5.74, 6) is 7.14. The molecule has 320 valence electrons. The highest BCUT2D eigenvalue weighted by Crippen LogP contribution is 2.57. The van der Waals surface area contributed by atoms with Gasteiger partial charge in [-0.25, -0.2) is 11.8 Å². The lowest BCUT2D eigenvalue weighted by molar-refractivity contribution is -0.133. The lowest BCUT2D eigenvalue weighted by Crippen LogP contribution is -2.51. The molecule has 0 saturated heterocycles. The van der Waals surface area contributed by atoms with Gasteiger partial charge in [0.05, 0.1) is 65.6 Å². The molecule has 3 atom stereocenters. The summed E-state index contributed by atoms with van der Waals surface area (Å²) in [6, 6.07) is -2.19. The second-order valence-electron chi connectivity index (χ2n) is 13.8. The molecule has 0 radical (unpaired) electrons. The first-order valence-corrected chi connectivity index (χ1v) is 21.2. The molecule has 0 heterocycles. The molecule has 5 amide bonds. The minimum atomic E-state index is -3.06. The second-order valence-corrected chi connectivity index (χ2v) is 17.8. The van der Waals surface area contributed by atoms with Crippen molar-refractivity contribution in [1.29, 1.82) is 0 Å². The lowest BCUT2D eigenvalue weighted by atomic mass is 9.86. The third kappa shape index (κ3) is 22.8. The molecule has 1 saturated carbocycles. The number of nitrogens with two attached hydrogens (primary N) is 2. The Kier molecular flexibility index (Phi) is 26.6. The summed E-state index contributed by atoms with van der Waals surface area (Å²) in [7, 11) is 0. The van der Waals surface area contributed by atoms with Crippen molar-refractivity contribution < 1.29 is 62.4 Å². The van der Waals surface area contributed by atoms with E-state index in [2.05, 4.69) is 36.3 Å². The van der Waals surface area contributed by atoms with Gasteiger partial charge < -0.3 is 65.0 Å². The van der Waals surface area contributed by atoms with Crippen molar-refractivity contribution in [1.82, 2.24) is 26.6 Å². The van der Waals surface area contributed by atoms with E-state index < -0.39 is 47.4 Å². The summed E-state index contributed by atoms with van der Waals surface area (Å²) in [5, 5.41) is 21.7. The Balaban J connectivity index is 2.90. The van der Waals surface area contributed by atoms with Crippen molar-refractivity contribution in [3.8, 4) is 0 Å². The molecule has 1 rings (SSSR count). The van der Waals surface area contributed by atoms with E-state index in [4.69, 9.17) is 47.4 Å². The van der Waals surface area contributed by atoms with Crippen molar-refractivity contribution in [3.05, 3.63) is 0 Å². The smallest absolute Gasteiger partial charge is 0.242 e. The molecular formula is C33H64N7O13PS. The predicted octanol–water partition coefficient (Wildman–Crippen LogP) is -1.64. The monoisotopic (exact) mass is 829 g/mol. The minimum absolute atomic E-state index is 0.0361. The van der Waals surface area contributed by atoms with Crippen molar-refractivity contribution in [2.75, 3.05) is 79.1 Å². The van der Waals surface area contributed by atoms with Gasteiger partial charge in [0, 0.05) is 43.5 Å². The first-order valence-electron chi connectivity index (χ1n) is 18.6. The normalized spacial score (nSPS) is 18.0. The van der Waals surface area contributed by atoms with Crippen molar-refractivity contribution >= 4 is 47.8 Å². The summed E-state index contributed by atoms with van der Waals surface area (Å²) in [5.41, 5.74) is 0. The number of carbonyl (C=O) groups is 5. The van der Waals surface area contributed by atoms with Gasteiger partial charge in [-0.1, -0.05) is 20.8 Å². The largest absolute Gasteiger partial charge is 0.394 e. The third-order valence-electron chi connectivity index (χ3n) is 8.38. The molecule has 1 fully saturated rings. The average molecular weight is 830 g/mol. The van der Waals surface area contributed by atoms with Crippen molar-refractivity contribution in [2.45, 2.75) is 95.5 Å². The lowest BCUT2D eigenvalue weighted by Gasteiger charge is -2.35. The molecule has 0 aromatic rings. The van der Waals surface area contributed by atoms with Crippen molar-refractivity contribution in [2.24, 2.45) is 17.7 Å². The second kappa shape index (κ2) is 28.9. The molecule has 22 heteroatoms. The van der Waals surface area contributed by atoms with E-state index in [1.807, 2.05) is 20.8 Å². The Bertz CT molecular complexity index is 1190. The summed E-state index contributed by atoms with van der Waals surface area (Å²) in [4.78, 5) is 85.0. The Morgan fingerprint density at radius 3 is 1.67 bits per heavy atom. The van der Waals surface area contributed by atoms with Crippen LogP contribution in [-0.2, 0) is 64.2 Å². The van der Waals surface area contributed by atoms with Crippen LogP contribution in [0.5, 0.6) is 0 Å². The molecule has 3 unspecified atom stereocenters. The van der Waals surface area contributed by atoms with Crippen LogP contribution < -0.4 is 38.4 Å². The molecule has 0 aromatic carbocycles. The van der Waals surface area contributed by atoms with Crippen LogP contribution in [0.2, 0.25) is 0 Å². The molecule has 0 bridgehead atoms. The minimum Gasteiger partial charge on any atom is -0.394 e. The molecule has 0 aliphatic heterocycles. The highest BCUT2D eigenvalue weighted by atomic mass is 32.5. The molecule has 1 aliphatic carbocycles. The van der Waals surface area contributed by atoms with Crippen LogP contribution in [-0.4, -0.2) is 142 Å². The van der Waals surface area contributed by atoms with Crippen LogP contribution in [0.4, 0.5) is 0 Å². The van der Waals surface area contributed by atoms with E-state index in [-0.39, 0.29) is 123 Å². The zero-order chi connectivity index (χ0) is 41.1. The highest BCUT2D eigenvalue weighted by Gasteiger charge is 2.37. The van der Waals surface area contributed by atoms with E-state index in [0.29, 0.717) is 25.7 Å². The van der Waals surface area contributed by atoms with Gasteiger partial charge in [0.1, 0.15) is 12.1 Å². The average Bonchev–Trinajstić information content (AvgIpc) is 3.13. The summed E-state index contributed by atoms with van der Waals surface area (Å²) < 4.78 is 21.7. The Morgan fingerprint density at radius 1 is 0.709 bits per heavy atom. The molecule has 0 spiro atoms. The Morgan fingerprint density at radius 2 is 1.18 bits per heavy atom. The van der Waals surface area contributed by atoms with Gasteiger partial charge in [-0.05, 0) is 50.3 Å². The fraction of sp³-hybridized carbons (Fsp3) is 0.848. The third-order valence-corrected chi connectivity index (χ3v) is 12.6. The zero-order valence-corrected chi connectivity index (χ0v) is 34.1. The number of carbonyl (C=O) groups excluding carboxylic acids is 5. The molecule has 55 heavy (non-hydrogen) atoms. The molecule has 11 N–H and O–H groups in total.